The van der Waals surface area contributed by atoms with Crippen molar-refractivity contribution in [3.05, 3.63) is 0 Å². The number of unbranched alkanes of at least 4 members (excludes halogenated alkanes) is 1. The zero-order valence-electron chi connectivity index (χ0n) is 45.8. The molecule has 13 N–H and O–H groups in total. The van der Waals surface area contributed by atoms with E-state index in [0.29, 0.717) is 45.3 Å². The van der Waals surface area contributed by atoms with Gasteiger partial charge in [-0.3, -0.25) is 24.0 Å². The zero-order valence-corrected chi connectivity index (χ0v) is 45.8. The van der Waals surface area contributed by atoms with E-state index in [9.17, 15) is 69.9 Å². The van der Waals surface area contributed by atoms with Gasteiger partial charge in [0.2, 0.25) is 23.6 Å². The monoisotopic (exact) mass is 1130 g/mol. The molecule has 0 radical (unpaired) electrons. The number of rotatable bonds is 38. The molecule has 456 valence electrons. The quantitative estimate of drug-likeness (QED) is 0.0328. The van der Waals surface area contributed by atoms with Crippen LogP contribution in [0.15, 0.2) is 0 Å². The number of hydrogen-bond acceptors (Lipinski definition) is 21. The van der Waals surface area contributed by atoms with E-state index < -0.39 is 123 Å². The second-order valence-corrected chi connectivity index (χ2v) is 21.0. The predicted octanol–water partition coefficient (Wildman–Crippen LogP) is -1.05. The van der Waals surface area contributed by atoms with Gasteiger partial charge in [0.25, 0.3) is 0 Å². The van der Waals surface area contributed by atoms with Crippen LogP contribution in [0, 0.1) is 17.8 Å². The van der Waals surface area contributed by atoms with Crippen molar-refractivity contribution in [2.24, 2.45) is 17.8 Å². The standard InChI is InChI=1S/C52H94N4O21.CH4/c1-31(2)71-25-9-21-53-39(61)13-8-14-42(64)56-52(18-15-35(60)12-6-7-24-72-49-32(3)43(65)46(68)36(28-57)75-49,19-16-40(62)54-22-10-26-73-50-33(4)44(66)47(69)37(29-58)76-50)20-17-41(63)55-23-11-27-74-51-34(5)45(67)48(70)38(30-59)77-51;/h31-34,36-38,43-51,57-59,65-70H,6-30H2,1-5H3,(H,53,61)(H,54,62)(H,55,63)(H,56,64);1H4/t32?,33?,34?,36?,37?,38?,43-,44-,45-,46+,47+,48+,49-,50-,51-,52?;/m1./s1. The lowest BCUT2D eigenvalue weighted by Crippen LogP contribution is -2.55. The molecule has 15 atom stereocenters. The fourth-order valence-electron chi connectivity index (χ4n) is 9.28. The van der Waals surface area contributed by atoms with Gasteiger partial charge in [0, 0.05) is 94.7 Å². The maximum absolute atomic E-state index is 13.8. The third-order valence-corrected chi connectivity index (χ3v) is 14.4. The van der Waals surface area contributed by atoms with Gasteiger partial charge in [0.15, 0.2) is 18.9 Å². The first-order chi connectivity index (χ1) is 36.7. The number of amides is 4. The summed E-state index contributed by atoms with van der Waals surface area (Å²) in [7, 11) is 0. The van der Waals surface area contributed by atoms with Crippen LogP contribution in [0.2, 0.25) is 0 Å². The van der Waals surface area contributed by atoms with E-state index in [1.54, 1.807) is 20.8 Å². The van der Waals surface area contributed by atoms with Gasteiger partial charge in [-0.25, -0.2) is 0 Å². The summed E-state index contributed by atoms with van der Waals surface area (Å²) in [5.74, 6) is -3.38. The van der Waals surface area contributed by atoms with E-state index >= 15 is 0 Å². The summed E-state index contributed by atoms with van der Waals surface area (Å²) in [6.45, 7) is 8.80. The molecular weight excluding hydrogens is 1030 g/mol. The minimum Gasteiger partial charge on any atom is -0.394 e. The molecule has 3 rings (SSSR count). The van der Waals surface area contributed by atoms with Gasteiger partial charge < -0.3 is 100 Å². The van der Waals surface area contributed by atoms with Crippen molar-refractivity contribution in [3.63, 3.8) is 0 Å². The SMILES string of the molecule is C.CC(C)OCCCNC(=O)CCCC(=O)NC(CCC(=O)CCCCO[C@@H]1OC(CO)[C@H](O)[C@H](O)C1C)(CCC(=O)NCCCO[C@@H]1OC(CO)[C@H](O)[C@H](O)C1C)CCC(=O)NCCCO[C@@H]1OC(CO)[C@H](O)[C@H](O)C1C. The number of hydrogen-bond donors (Lipinski definition) is 13. The summed E-state index contributed by atoms with van der Waals surface area (Å²) >= 11 is 0. The maximum Gasteiger partial charge on any atom is 0.220 e. The highest BCUT2D eigenvalue weighted by Crippen LogP contribution is 2.31. The lowest BCUT2D eigenvalue weighted by Gasteiger charge is -2.40. The molecule has 3 saturated heterocycles. The second-order valence-electron chi connectivity index (χ2n) is 21.0. The van der Waals surface area contributed by atoms with Crippen LogP contribution in [0.4, 0.5) is 0 Å². The Morgan fingerprint density at radius 3 is 1.22 bits per heavy atom. The van der Waals surface area contributed by atoms with Gasteiger partial charge in [-0.1, -0.05) is 28.2 Å². The molecule has 0 saturated carbocycles. The van der Waals surface area contributed by atoms with E-state index in [1.807, 2.05) is 13.8 Å². The van der Waals surface area contributed by atoms with Crippen LogP contribution in [0.1, 0.15) is 138 Å². The van der Waals surface area contributed by atoms with Gasteiger partial charge in [-0.15, -0.1) is 0 Å². The van der Waals surface area contributed by atoms with E-state index in [1.165, 1.54) is 0 Å². The van der Waals surface area contributed by atoms with Crippen LogP contribution in [-0.2, 0) is 57.1 Å². The highest BCUT2D eigenvalue weighted by Gasteiger charge is 2.45. The second kappa shape index (κ2) is 37.8. The van der Waals surface area contributed by atoms with Crippen molar-refractivity contribution >= 4 is 29.4 Å². The van der Waals surface area contributed by atoms with Crippen LogP contribution in [0.5, 0.6) is 0 Å². The van der Waals surface area contributed by atoms with Crippen molar-refractivity contribution in [3.8, 4) is 0 Å². The molecule has 0 bridgehead atoms. The van der Waals surface area contributed by atoms with Crippen molar-refractivity contribution in [2.75, 3.05) is 65.9 Å². The Morgan fingerprint density at radius 1 is 0.462 bits per heavy atom. The molecule has 3 heterocycles. The molecule has 0 spiro atoms. The Bertz CT molecular complexity index is 1560. The van der Waals surface area contributed by atoms with Crippen molar-refractivity contribution in [2.45, 2.75) is 224 Å². The third kappa shape index (κ3) is 24.6. The molecule has 0 aromatic heterocycles. The van der Waals surface area contributed by atoms with Gasteiger partial charge >= 0.3 is 0 Å². The van der Waals surface area contributed by atoms with E-state index in [-0.39, 0.29) is 134 Å². The zero-order chi connectivity index (χ0) is 57.1. The number of aliphatic hydroxyl groups excluding tert-OH is 9. The van der Waals surface area contributed by atoms with Crippen LogP contribution in [-0.4, -0.2) is 227 Å². The summed E-state index contributed by atoms with van der Waals surface area (Å²) < 4.78 is 39.7. The smallest absolute Gasteiger partial charge is 0.220 e. The topological polar surface area (TPSA) is 380 Å². The normalized spacial score (nSPS) is 30.0. The maximum atomic E-state index is 13.8. The highest BCUT2D eigenvalue weighted by molar-refractivity contribution is 5.81. The predicted molar refractivity (Wildman–Crippen MR) is 281 cm³/mol. The lowest BCUT2D eigenvalue weighted by atomic mass is 9.82. The third-order valence-electron chi connectivity index (χ3n) is 14.4. The first-order valence-corrected chi connectivity index (χ1v) is 27.6. The van der Waals surface area contributed by atoms with Gasteiger partial charge in [0.1, 0.15) is 42.4 Å². The minimum absolute atomic E-state index is 0. The Hall–Kier alpha value is -3.09. The van der Waals surface area contributed by atoms with Crippen molar-refractivity contribution < 1.29 is 103 Å². The van der Waals surface area contributed by atoms with Gasteiger partial charge in [-0.05, 0) is 71.6 Å². The largest absolute Gasteiger partial charge is 0.394 e. The van der Waals surface area contributed by atoms with Crippen molar-refractivity contribution in [1.82, 2.24) is 21.3 Å². The first-order valence-electron chi connectivity index (χ1n) is 27.6. The summed E-state index contributed by atoms with van der Waals surface area (Å²) in [4.78, 5) is 66.9. The molecule has 3 aliphatic rings. The average Bonchev–Trinajstić information content (AvgIpc) is 3.40. The number of ether oxygens (including phenoxy) is 7. The van der Waals surface area contributed by atoms with Crippen LogP contribution in [0.25, 0.3) is 0 Å². The Balaban J connectivity index is 0.0000208. The van der Waals surface area contributed by atoms with E-state index in [4.69, 9.17) is 33.2 Å². The average molecular weight is 1130 g/mol. The number of ketones is 1. The Morgan fingerprint density at radius 2 is 0.821 bits per heavy atom. The van der Waals surface area contributed by atoms with Crippen LogP contribution < -0.4 is 21.3 Å². The van der Waals surface area contributed by atoms with Crippen molar-refractivity contribution in [1.29, 1.82) is 0 Å². The molecule has 25 heteroatoms. The van der Waals surface area contributed by atoms with Gasteiger partial charge in [-0.2, -0.15) is 0 Å². The number of aliphatic hydroxyl groups is 9. The summed E-state index contributed by atoms with van der Waals surface area (Å²) in [6.07, 6.45) is -10.8. The molecule has 3 aliphatic heterocycles. The molecule has 3 fully saturated rings. The molecule has 0 aliphatic carbocycles. The number of carbonyl (C=O) groups is 5. The molecule has 6 unspecified atom stereocenters. The summed E-state index contributed by atoms with van der Waals surface area (Å²) in [5.41, 5.74) is -1.25. The Kier molecular flexibility index (Phi) is 34.4. The number of nitrogens with one attached hydrogen (secondary N) is 4. The van der Waals surface area contributed by atoms with Gasteiger partial charge in [0.05, 0.1) is 57.5 Å². The van der Waals surface area contributed by atoms with E-state index in [0.717, 1.165) is 0 Å². The first kappa shape index (κ1) is 71.0. The summed E-state index contributed by atoms with van der Waals surface area (Å²) in [5, 5.41) is 102. The number of carbonyl (C=O) groups excluding carboxylic acids is 5. The minimum atomic E-state index is -1.28. The van der Waals surface area contributed by atoms with Crippen LogP contribution in [0.3, 0.4) is 0 Å². The molecule has 78 heavy (non-hydrogen) atoms. The summed E-state index contributed by atoms with van der Waals surface area (Å²) in [6, 6.07) is 0. The Labute approximate surface area is 460 Å². The fraction of sp³-hybridized carbons (Fsp3) is 0.906. The highest BCUT2D eigenvalue weighted by atomic mass is 16.7. The molecule has 4 amide bonds. The van der Waals surface area contributed by atoms with E-state index in [2.05, 4.69) is 21.3 Å². The molecule has 0 aromatic rings. The molecular formula is C53H98N4O21. The lowest BCUT2D eigenvalue weighted by molar-refractivity contribution is -0.282. The fourth-order valence-corrected chi connectivity index (χ4v) is 9.28. The molecule has 0 aromatic carbocycles. The molecule has 25 nitrogen and oxygen atoms in total. The van der Waals surface area contributed by atoms with Crippen LogP contribution >= 0.6 is 0 Å². The number of Topliss-reactive ketones (excluding diaryl/α,β-unsaturated/α-hetero) is 1.